The Bertz CT molecular complexity index is 669. The zero-order chi connectivity index (χ0) is 15.5. The summed E-state index contributed by atoms with van der Waals surface area (Å²) in [6, 6.07) is 10.00. The molecule has 1 aliphatic heterocycles. The zero-order valence-corrected chi connectivity index (χ0v) is 13.0. The fraction of sp³-hybridized carbons (Fsp3) is 0.333. The number of pyridine rings is 1. The van der Waals surface area contributed by atoms with Crippen molar-refractivity contribution in [2.24, 2.45) is 0 Å². The molecule has 114 valence electrons. The predicted molar refractivity (Wildman–Crippen MR) is 86.8 cm³/mol. The molecule has 1 aromatic carbocycles. The molecule has 1 aliphatic rings. The van der Waals surface area contributed by atoms with Crippen LogP contribution in [-0.2, 0) is 0 Å². The normalized spacial score (nSPS) is 18.3. The van der Waals surface area contributed by atoms with E-state index in [-0.39, 0.29) is 11.9 Å². The molecule has 1 amide bonds. The van der Waals surface area contributed by atoms with Crippen molar-refractivity contribution in [3.63, 3.8) is 0 Å². The summed E-state index contributed by atoms with van der Waals surface area (Å²) < 4.78 is 0. The van der Waals surface area contributed by atoms with Gasteiger partial charge in [0.15, 0.2) is 0 Å². The summed E-state index contributed by atoms with van der Waals surface area (Å²) in [5, 5.41) is 3.37. The molecule has 2 aromatic rings. The van der Waals surface area contributed by atoms with Gasteiger partial charge in [0.05, 0.1) is 6.04 Å². The summed E-state index contributed by atoms with van der Waals surface area (Å²) in [4.78, 5) is 19.1. The van der Waals surface area contributed by atoms with Crippen molar-refractivity contribution in [2.45, 2.75) is 19.9 Å². The van der Waals surface area contributed by atoms with E-state index in [1.54, 1.807) is 6.20 Å². The molecule has 1 saturated heterocycles. The highest BCUT2D eigenvalue weighted by molar-refractivity contribution is 5.96. The maximum Gasteiger partial charge on any atom is 0.254 e. The maximum atomic E-state index is 13.0. The molecule has 3 rings (SSSR count). The number of hydrogen-bond acceptors (Lipinski definition) is 3. The Morgan fingerprint density at radius 3 is 2.91 bits per heavy atom. The number of aromatic nitrogens is 1. The topological polar surface area (TPSA) is 45.2 Å². The Hall–Kier alpha value is -2.20. The lowest BCUT2D eigenvalue weighted by molar-refractivity contribution is 0.0633. The highest BCUT2D eigenvalue weighted by Gasteiger charge is 2.29. The van der Waals surface area contributed by atoms with Gasteiger partial charge in [0.1, 0.15) is 0 Å². The number of nitrogens with zero attached hydrogens (tertiary/aromatic N) is 2. The molecule has 1 N–H and O–H groups in total. The number of aryl methyl sites for hydroxylation is 2. The van der Waals surface area contributed by atoms with Gasteiger partial charge in [0.25, 0.3) is 5.91 Å². The van der Waals surface area contributed by atoms with E-state index >= 15 is 0 Å². The molecule has 0 spiro atoms. The number of benzene rings is 1. The monoisotopic (exact) mass is 295 g/mol. The maximum absolute atomic E-state index is 13.0. The second kappa shape index (κ2) is 6.28. The van der Waals surface area contributed by atoms with Crippen molar-refractivity contribution in [3.8, 4) is 0 Å². The molecule has 0 saturated carbocycles. The van der Waals surface area contributed by atoms with Crippen molar-refractivity contribution in [3.05, 3.63) is 65.0 Å². The third kappa shape index (κ3) is 2.88. The number of hydrogen-bond donors (Lipinski definition) is 1. The van der Waals surface area contributed by atoms with Crippen LogP contribution in [0.1, 0.15) is 33.1 Å². The fourth-order valence-corrected chi connectivity index (χ4v) is 3.03. The van der Waals surface area contributed by atoms with Crippen molar-refractivity contribution < 1.29 is 4.79 Å². The molecular formula is C18H21N3O. The van der Waals surface area contributed by atoms with Crippen LogP contribution in [0.15, 0.2) is 42.7 Å². The summed E-state index contributed by atoms with van der Waals surface area (Å²) in [7, 11) is 0. The van der Waals surface area contributed by atoms with Crippen molar-refractivity contribution in [1.82, 2.24) is 15.2 Å². The molecule has 22 heavy (non-hydrogen) atoms. The zero-order valence-electron chi connectivity index (χ0n) is 13.0. The van der Waals surface area contributed by atoms with Gasteiger partial charge in [-0.1, -0.05) is 23.8 Å². The van der Waals surface area contributed by atoms with E-state index in [0.29, 0.717) is 6.54 Å². The van der Waals surface area contributed by atoms with Gasteiger partial charge < -0.3 is 10.2 Å². The second-order valence-corrected chi connectivity index (χ2v) is 5.82. The van der Waals surface area contributed by atoms with Crippen molar-refractivity contribution in [2.75, 3.05) is 19.6 Å². The van der Waals surface area contributed by atoms with Gasteiger partial charge in [-0.2, -0.15) is 0 Å². The van der Waals surface area contributed by atoms with Crippen molar-refractivity contribution in [1.29, 1.82) is 0 Å². The molecule has 1 unspecified atom stereocenters. The first kappa shape index (κ1) is 14.7. The molecular weight excluding hydrogens is 274 g/mol. The summed E-state index contributed by atoms with van der Waals surface area (Å²) in [6.07, 6.45) is 3.61. The van der Waals surface area contributed by atoms with E-state index in [9.17, 15) is 4.79 Å². The van der Waals surface area contributed by atoms with Crippen LogP contribution in [-0.4, -0.2) is 35.4 Å². The first-order chi connectivity index (χ1) is 10.7. The van der Waals surface area contributed by atoms with E-state index in [4.69, 9.17) is 0 Å². The van der Waals surface area contributed by atoms with Gasteiger partial charge >= 0.3 is 0 Å². The summed E-state index contributed by atoms with van der Waals surface area (Å²) >= 11 is 0. The average molecular weight is 295 g/mol. The summed E-state index contributed by atoms with van der Waals surface area (Å²) in [5.74, 6) is 0.104. The van der Waals surface area contributed by atoms with Crippen LogP contribution in [0.5, 0.6) is 0 Å². The predicted octanol–water partition coefficient (Wildman–Crippen LogP) is 2.49. The number of rotatable bonds is 2. The lowest BCUT2D eigenvalue weighted by Gasteiger charge is -2.36. The Balaban J connectivity index is 1.92. The minimum Gasteiger partial charge on any atom is -0.329 e. The SMILES string of the molecule is Cc1ccc(C(=O)N2CCNCC2c2cccnc2)c(C)c1. The van der Waals surface area contributed by atoms with Gasteiger partial charge in [-0.05, 0) is 37.1 Å². The lowest BCUT2D eigenvalue weighted by Crippen LogP contribution is -2.48. The number of carbonyl (C=O) groups excluding carboxylic acids is 1. The van der Waals surface area contributed by atoms with Gasteiger partial charge in [-0.15, -0.1) is 0 Å². The molecule has 1 fully saturated rings. The van der Waals surface area contributed by atoms with E-state index in [0.717, 1.165) is 29.8 Å². The quantitative estimate of drug-likeness (QED) is 0.926. The number of carbonyl (C=O) groups is 1. The van der Waals surface area contributed by atoms with Crippen LogP contribution in [0.4, 0.5) is 0 Å². The third-order valence-corrected chi connectivity index (χ3v) is 4.19. The average Bonchev–Trinajstić information content (AvgIpc) is 2.55. The fourth-order valence-electron chi connectivity index (χ4n) is 3.03. The van der Waals surface area contributed by atoms with Crippen LogP contribution >= 0.6 is 0 Å². The van der Waals surface area contributed by atoms with Gasteiger partial charge in [0.2, 0.25) is 0 Å². The molecule has 0 bridgehead atoms. The van der Waals surface area contributed by atoms with Crippen LogP contribution < -0.4 is 5.32 Å². The first-order valence-corrected chi connectivity index (χ1v) is 7.65. The first-order valence-electron chi connectivity index (χ1n) is 7.65. The van der Waals surface area contributed by atoms with Crippen LogP contribution in [0, 0.1) is 13.8 Å². The van der Waals surface area contributed by atoms with Crippen molar-refractivity contribution >= 4 is 5.91 Å². The van der Waals surface area contributed by atoms with Crippen LogP contribution in [0.2, 0.25) is 0 Å². The Morgan fingerprint density at radius 2 is 2.18 bits per heavy atom. The minimum absolute atomic E-state index is 0.0376. The molecule has 0 radical (unpaired) electrons. The molecule has 2 heterocycles. The molecule has 1 atom stereocenters. The standard InChI is InChI=1S/C18H21N3O/c1-13-5-6-16(14(2)10-13)18(22)21-9-8-20-12-17(21)15-4-3-7-19-11-15/h3-7,10-11,17,20H,8-9,12H2,1-2H3. The number of piperazine rings is 1. The van der Waals surface area contributed by atoms with E-state index in [1.807, 2.05) is 49.2 Å². The molecule has 0 aliphatic carbocycles. The lowest BCUT2D eigenvalue weighted by atomic mass is 10.0. The van der Waals surface area contributed by atoms with E-state index in [2.05, 4.69) is 16.4 Å². The van der Waals surface area contributed by atoms with Crippen LogP contribution in [0.25, 0.3) is 0 Å². The number of amides is 1. The summed E-state index contributed by atoms with van der Waals surface area (Å²) in [5.41, 5.74) is 4.08. The smallest absolute Gasteiger partial charge is 0.254 e. The Labute approximate surface area is 131 Å². The van der Waals surface area contributed by atoms with E-state index < -0.39 is 0 Å². The number of nitrogens with one attached hydrogen (secondary N) is 1. The van der Waals surface area contributed by atoms with Gasteiger partial charge in [0, 0.05) is 37.6 Å². The summed E-state index contributed by atoms with van der Waals surface area (Å²) in [6.45, 7) is 6.35. The highest BCUT2D eigenvalue weighted by Crippen LogP contribution is 2.24. The minimum atomic E-state index is 0.0376. The van der Waals surface area contributed by atoms with Crippen LogP contribution in [0.3, 0.4) is 0 Å². The van der Waals surface area contributed by atoms with E-state index in [1.165, 1.54) is 5.56 Å². The third-order valence-electron chi connectivity index (χ3n) is 4.19. The second-order valence-electron chi connectivity index (χ2n) is 5.82. The molecule has 4 nitrogen and oxygen atoms in total. The Morgan fingerprint density at radius 1 is 1.32 bits per heavy atom. The largest absolute Gasteiger partial charge is 0.329 e. The molecule has 1 aromatic heterocycles. The highest BCUT2D eigenvalue weighted by atomic mass is 16.2. The van der Waals surface area contributed by atoms with Gasteiger partial charge in [-0.25, -0.2) is 0 Å². The van der Waals surface area contributed by atoms with Gasteiger partial charge in [-0.3, -0.25) is 9.78 Å². The molecule has 4 heteroatoms. The Kier molecular flexibility index (Phi) is 4.20.